The van der Waals surface area contributed by atoms with Crippen molar-refractivity contribution in [3.63, 3.8) is 0 Å². The van der Waals surface area contributed by atoms with Crippen molar-refractivity contribution in [1.82, 2.24) is 10.2 Å². The van der Waals surface area contributed by atoms with E-state index in [9.17, 15) is 9.59 Å². The van der Waals surface area contributed by atoms with Crippen molar-refractivity contribution in [2.75, 3.05) is 13.1 Å². The summed E-state index contributed by atoms with van der Waals surface area (Å²) in [6, 6.07) is 4.16. The molecule has 2 rings (SSSR count). The Bertz CT molecular complexity index is 584. The number of piperidine rings is 1. The summed E-state index contributed by atoms with van der Waals surface area (Å²) in [5, 5.41) is 3.58. The topological polar surface area (TPSA) is 49.4 Å². The highest BCUT2D eigenvalue weighted by Crippen LogP contribution is 2.21. The van der Waals surface area contributed by atoms with Crippen LogP contribution in [0.3, 0.4) is 0 Å². The number of likely N-dealkylation sites (tertiary alicyclic amines) is 1. The largest absolute Gasteiger partial charge is 0.341 e. The lowest BCUT2D eigenvalue weighted by molar-refractivity contribution is -0.135. The molecule has 1 saturated heterocycles. The van der Waals surface area contributed by atoms with Gasteiger partial charge in [-0.05, 0) is 43.4 Å². The highest BCUT2D eigenvalue weighted by molar-refractivity contribution is 6.36. The molecule has 1 atom stereocenters. The van der Waals surface area contributed by atoms with Gasteiger partial charge in [0.2, 0.25) is 5.91 Å². The summed E-state index contributed by atoms with van der Waals surface area (Å²) in [5.41, 5.74) is 0.327. The molecule has 1 aliphatic heterocycles. The molecular formula is C17H22Cl2N2O2. The quantitative estimate of drug-likeness (QED) is 0.892. The van der Waals surface area contributed by atoms with E-state index in [1.807, 2.05) is 18.7 Å². The van der Waals surface area contributed by atoms with Crippen molar-refractivity contribution >= 4 is 35.0 Å². The van der Waals surface area contributed by atoms with Crippen LogP contribution in [-0.4, -0.2) is 35.8 Å². The van der Waals surface area contributed by atoms with Gasteiger partial charge in [-0.2, -0.15) is 0 Å². The number of hydrogen-bond donors (Lipinski definition) is 1. The van der Waals surface area contributed by atoms with Crippen LogP contribution < -0.4 is 5.32 Å². The summed E-state index contributed by atoms with van der Waals surface area (Å²) in [7, 11) is 0. The highest BCUT2D eigenvalue weighted by Gasteiger charge is 2.30. The molecule has 0 aliphatic carbocycles. The average molecular weight is 357 g/mol. The molecule has 1 fully saturated rings. The number of carbonyl (C=O) groups is 2. The molecule has 1 aliphatic rings. The van der Waals surface area contributed by atoms with E-state index in [2.05, 4.69) is 5.32 Å². The third-order valence-corrected chi connectivity index (χ3v) is 4.61. The Hall–Kier alpha value is -1.26. The van der Waals surface area contributed by atoms with Crippen LogP contribution in [0.1, 0.15) is 43.5 Å². The molecule has 2 amide bonds. The van der Waals surface area contributed by atoms with Gasteiger partial charge in [0, 0.05) is 18.1 Å². The number of carbonyl (C=O) groups excluding carboxylic acids is 2. The molecule has 0 aromatic heterocycles. The first-order valence-electron chi connectivity index (χ1n) is 7.95. The van der Waals surface area contributed by atoms with Crippen LogP contribution in [0.25, 0.3) is 0 Å². The van der Waals surface area contributed by atoms with Crippen molar-refractivity contribution in [3.05, 3.63) is 33.8 Å². The molecular weight excluding hydrogens is 335 g/mol. The highest BCUT2D eigenvalue weighted by atomic mass is 35.5. The number of rotatable bonds is 4. The zero-order valence-electron chi connectivity index (χ0n) is 13.4. The third-order valence-electron chi connectivity index (χ3n) is 4.06. The van der Waals surface area contributed by atoms with Gasteiger partial charge < -0.3 is 10.2 Å². The van der Waals surface area contributed by atoms with Gasteiger partial charge in [-0.25, -0.2) is 0 Å². The minimum Gasteiger partial charge on any atom is -0.341 e. The van der Waals surface area contributed by atoms with Crippen LogP contribution in [0.4, 0.5) is 0 Å². The normalized spacial score (nSPS) is 16.3. The van der Waals surface area contributed by atoms with Crippen LogP contribution in [0, 0.1) is 5.92 Å². The van der Waals surface area contributed by atoms with E-state index >= 15 is 0 Å². The fraction of sp³-hybridized carbons (Fsp3) is 0.529. The molecule has 23 heavy (non-hydrogen) atoms. The average Bonchev–Trinajstić information content (AvgIpc) is 2.52. The second-order valence-electron chi connectivity index (χ2n) is 6.21. The molecule has 0 saturated carbocycles. The van der Waals surface area contributed by atoms with E-state index in [4.69, 9.17) is 23.2 Å². The first-order valence-corrected chi connectivity index (χ1v) is 8.70. The molecule has 0 radical (unpaired) electrons. The van der Waals surface area contributed by atoms with Gasteiger partial charge in [0.1, 0.15) is 6.04 Å². The SMILES string of the molecule is CC(C)[C@@H](NC(=O)c1ccc(Cl)cc1Cl)C(=O)N1CCCCC1. The minimum absolute atomic E-state index is 0.000507. The molecule has 1 aromatic rings. The van der Waals surface area contributed by atoms with Gasteiger partial charge in [-0.1, -0.05) is 37.0 Å². The van der Waals surface area contributed by atoms with E-state index in [0.29, 0.717) is 10.6 Å². The van der Waals surface area contributed by atoms with Gasteiger partial charge in [0.05, 0.1) is 10.6 Å². The number of amides is 2. The predicted octanol–water partition coefficient (Wildman–Crippen LogP) is 3.76. The Morgan fingerprint density at radius 1 is 1.13 bits per heavy atom. The molecule has 0 bridgehead atoms. The number of halogens is 2. The fourth-order valence-electron chi connectivity index (χ4n) is 2.72. The summed E-state index contributed by atoms with van der Waals surface area (Å²) in [4.78, 5) is 27.0. The van der Waals surface area contributed by atoms with E-state index < -0.39 is 6.04 Å². The summed E-state index contributed by atoms with van der Waals surface area (Å²) in [6.45, 7) is 5.38. The minimum atomic E-state index is -0.549. The summed E-state index contributed by atoms with van der Waals surface area (Å²) < 4.78 is 0. The zero-order valence-corrected chi connectivity index (χ0v) is 15.0. The maximum atomic E-state index is 12.7. The van der Waals surface area contributed by atoms with Crippen molar-refractivity contribution < 1.29 is 9.59 Å². The van der Waals surface area contributed by atoms with Gasteiger partial charge in [-0.3, -0.25) is 9.59 Å². The van der Waals surface area contributed by atoms with Gasteiger partial charge in [-0.15, -0.1) is 0 Å². The molecule has 1 N–H and O–H groups in total. The molecule has 6 heteroatoms. The summed E-state index contributed by atoms with van der Waals surface area (Å²) >= 11 is 11.9. The van der Waals surface area contributed by atoms with E-state index in [1.165, 1.54) is 6.07 Å². The van der Waals surface area contributed by atoms with E-state index in [-0.39, 0.29) is 22.8 Å². The Kier molecular flexibility index (Phi) is 6.31. The lowest BCUT2D eigenvalue weighted by Gasteiger charge is -2.32. The van der Waals surface area contributed by atoms with Crippen molar-refractivity contribution in [2.45, 2.75) is 39.2 Å². The Balaban J connectivity index is 2.12. The van der Waals surface area contributed by atoms with Gasteiger partial charge in [0.15, 0.2) is 0 Å². The van der Waals surface area contributed by atoms with Crippen LogP contribution in [0.5, 0.6) is 0 Å². The van der Waals surface area contributed by atoms with E-state index in [0.717, 1.165) is 32.4 Å². The standard InChI is InChI=1S/C17H22Cl2N2O2/c1-11(2)15(17(23)21-8-4-3-5-9-21)20-16(22)13-7-6-12(18)10-14(13)19/h6-7,10-11,15H,3-5,8-9H2,1-2H3,(H,20,22)/t15-/m1/s1. The molecule has 4 nitrogen and oxygen atoms in total. The van der Waals surface area contributed by atoms with Crippen LogP contribution in [0.15, 0.2) is 18.2 Å². The molecule has 1 heterocycles. The van der Waals surface area contributed by atoms with E-state index in [1.54, 1.807) is 12.1 Å². The number of nitrogens with one attached hydrogen (secondary N) is 1. The second-order valence-corrected chi connectivity index (χ2v) is 7.05. The van der Waals surface area contributed by atoms with Crippen molar-refractivity contribution in [3.8, 4) is 0 Å². The molecule has 1 aromatic carbocycles. The van der Waals surface area contributed by atoms with Crippen LogP contribution in [0.2, 0.25) is 10.0 Å². The first kappa shape index (κ1) is 18.1. The van der Waals surface area contributed by atoms with Crippen molar-refractivity contribution in [2.24, 2.45) is 5.92 Å². The Morgan fingerprint density at radius 2 is 1.78 bits per heavy atom. The summed E-state index contributed by atoms with van der Waals surface area (Å²) in [5.74, 6) is -0.367. The van der Waals surface area contributed by atoms with Crippen LogP contribution in [-0.2, 0) is 4.79 Å². The first-order chi connectivity index (χ1) is 10.9. The van der Waals surface area contributed by atoms with Crippen molar-refractivity contribution in [1.29, 1.82) is 0 Å². The monoisotopic (exact) mass is 356 g/mol. The lowest BCUT2D eigenvalue weighted by Crippen LogP contribution is -2.52. The Labute approximate surface area is 147 Å². The fourth-order valence-corrected chi connectivity index (χ4v) is 3.21. The molecule has 126 valence electrons. The lowest BCUT2D eigenvalue weighted by atomic mass is 10.0. The number of hydrogen-bond acceptors (Lipinski definition) is 2. The van der Waals surface area contributed by atoms with Gasteiger partial charge in [0.25, 0.3) is 5.91 Å². The maximum Gasteiger partial charge on any atom is 0.253 e. The third kappa shape index (κ3) is 4.61. The molecule has 0 unspecified atom stereocenters. The van der Waals surface area contributed by atoms with Gasteiger partial charge >= 0.3 is 0 Å². The smallest absolute Gasteiger partial charge is 0.253 e. The predicted molar refractivity (Wildman–Crippen MR) is 93.0 cm³/mol. The Morgan fingerprint density at radius 3 is 2.35 bits per heavy atom. The zero-order chi connectivity index (χ0) is 17.0. The molecule has 0 spiro atoms. The maximum absolute atomic E-state index is 12.7. The second kappa shape index (κ2) is 8.02. The number of benzene rings is 1. The summed E-state index contributed by atoms with van der Waals surface area (Å²) in [6.07, 6.45) is 3.20. The number of nitrogens with zero attached hydrogens (tertiary/aromatic N) is 1. The van der Waals surface area contributed by atoms with Crippen LogP contribution >= 0.6 is 23.2 Å².